The molecule has 20 heavy (non-hydrogen) atoms. The molecule has 0 bridgehead atoms. The third-order valence-corrected chi connectivity index (χ3v) is 3.34. The Morgan fingerprint density at radius 3 is 3.00 bits per heavy atom. The van der Waals surface area contributed by atoms with E-state index in [1.807, 2.05) is 6.07 Å². The number of hydrogen-bond acceptors (Lipinski definition) is 7. The summed E-state index contributed by atoms with van der Waals surface area (Å²) < 4.78 is 6.85. The Kier molecular flexibility index (Phi) is 2.98. The van der Waals surface area contributed by atoms with Gasteiger partial charge in [-0.05, 0) is 0 Å². The monoisotopic (exact) mass is 277 g/mol. The van der Waals surface area contributed by atoms with Crippen molar-refractivity contribution < 1.29 is 14.9 Å². The van der Waals surface area contributed by atoms with Crippen LogP contribution in [-0.2, 0) is 4.74 Å². The molecule has 3 rings (SSSR count). The third-order valence-electron chi connectivity index (χ3n) is 3.34. The van der Waals surface area contributed by atoms with E-state index in [0.29, 0.717) is 0 Å². The van der Waals surface area contributed by atoms with Crippen LogP contribution in [0.3, 0.4) is 0 Å². The van der Waals surface area contributed by atoms with Gasteiger partial charge in [0.1, 0.15) is 18.1 Å². The Labute approximate surface area is 112 Å². The normalized spacial score (nSPS) is 29.6. The predicted molar refractivity (Wildman–Crippen MR) is 64.3 cm³/mol. The summed E-state index contributed by atoms with van der Waals surface area (Å²) >= 11 is 0. The van der Waals surface area contributed by atoms with Gasteiger partial charge in [-0.15, -0.1) is 0 Å². The molecule has 0 spiro atoms. The number of nitrogens with one attached hydrogen (secondary N) is 1. The molecule has 0 saturated carbocycles. The molecule has 104 valence electrons. The Balaban J connectivity index is 2.06. The van der Waals surface area contributed by atoms with E-state index in [4.69, 9.17) is 10.00 Å². The van der Waals surface area contributed by atoms with E-state index in [9.17, 15) is 15.0 Å². The summed E-state index contributed by atoms with van der Waals surface area (Å²) in [4.78, 5) is 21.9. The van der Waals surface area contributed by atoms with Crippen molar-refractivity contribution >= 4 is 11.2 Å². The van der Waals surface area contributed by atoms with Gasteiger partial charge in [0.25, 0.3) is 5.56 Å². The maximum absolute atomic E-state index is 11.6. The molecule has 1 aliphatic heterocycles. The molecule has 4 atom stereocenters. The fourth-order valence-corrected chi connectivity index (χ4v) is 2.34. The van der Waals surface area contributed by atoms with Crippen molar-refractivity contribution in [3.8, 4) is 6.07 Å². The maximum Gasteiger partial charge on any atom is 0.278 e. The summed E-state index contributed by atoms with van der Waals surface area (Å²) in [7, 11) is 0. The van der Waals surface area contributed by atoms with Gasteiger partial charge >= 0.3 is 0 Å². The fourth-order valence-electron chi connectivity index (χ4n) is 2.34. The van der Waals surface area contributed by atoms with Gasteiger partial charge in [-0.25, -0.2) is 9.97 Å². The lowest BCUT2D eigenvalue weighted by molar-refractivity contribution is -0.0489. The van der Waals surface area contributed by atoms with Crippen LogP contribution in [0.4, 0.5) is 0 Å². The molecule has 1 saturated heterocycles. The van der Waals surface area contributed by atoms with E-state index in [1.165, 1.54) is 17.2 Å². The number of ether oxygens (including phenoxy) is 1. The van der Waals surface area contributed by atoms with E-state index in [-0.39, 0.29) is 17.8 Å². The van der Waals surface area contributed by atoms with Crippen molar-refractivity contribution in [2.24, 2.45) is 5.92 Å². The number of H-pyrrole nitrogens is 1. The predicted octanol–water partition coefficient (Wildman–Crippen LogP) is -1.49. The van der Waals surface area contributed by atoms with Gasteiger partial charge in [0, 0.05) is 0 Å². The van der Waals surface area contributed by atoms with Crippen LogP contribution < -0.4 is 5.56 Å². The van der Waals surface area contributed by atoms with Gasteiger partial charge < -0.3 is 19.9 Å². The minimum absolute atomic E-state index is 0.115. The van der Waals surface area contributed by atoms with Crippen LogP contribution in [0.5, 0.6) is 0 Å². The highest BCUT2D eigenvalue weighted by molar-refractivity contribution is 5.68. The van der Waals surface area contributed by atoms with Crippen molar-refractivity contribution in [1.29, 1.82) is 5.26 Å². The Hall–Kier alpha value is -2.28. The zero-order valence-electron chi connectivity index (χ0n) is 10.2. The second-order valence-corrected chi connectivity index (χ2v) is 4.45. The van der Waals surface area contributed by atoms with E-state index < -0.39 is 29.9 Å². The SMILES string of the molecule is N#CC1C(CO)OC(n2cnc3c(=O)[nH]cnc32)C1O. The molecular weight excluding hydrogens is 266 g/mol. The molecule has 0 radical (unpaired) electrons. The molecule has 9 nitrogen and oxygen atoms in total. The average Bonchev–Trinajstić information content (AvgIpc) is 3.00. The number of nitriles is 1. The lowest BCUT2D eigenvalue weighted by Gasteiger charge is -2.16. The number of aliphatic hydroxyl groups excluding tert-OH is 2. The number of rotatable bonds is 2. The van der Waals surface area contributed by atoms with Crippen LogP contribution in [0.2, 0.25) is 0 Å². The first kappa shape index (κ1) is 12.7. The van der Waals surface area contributed by atoms with E-state index in [0.717, 1.165) is 0 Å². The summed E-state index contributed by atoms with van der Waals surface area (Å²) in [6, 6.07) is 1.91. The number of aromatic amines is 1. The number of nitrogens with zero attached hydrogens (tertiary/aromatic N) is 4. The smallest absolute Gasteiger partial charge is 0.278 e. The van der Waals surface area contributed by atoms with E-state index in [1.54, 1.807) is 0 Å². The van der Waals surface area contributed by atoms with Gasteiger partial charge in [-0.1, -0.05) is 0 Å². The van der Waals surface area contributed by atoms with E-state index >= 15 is 0 Å². The standard InChI is InChI=1S/C11H11N5O4/c12-1-5-6(2-17)20-11(8(5)18)16-4-15-7-9(16)13-3-14-10(7)19/h3-6,8,11,17-18H,2H2,(H,13,14,19). The van der Waals surface area contributed by atoms with Crippen molar-refractivity contribution in [3.05, 3.63) is 23.0 Å². The number of aliphatic hydroxyl groups is 2. The summed E-state index contributed by atoms with van der Waals surface area (Å²) in [5.41, 5.74) is -0.0471. The molecule has 3 N–H and O–H groups in total. The van der Waals surface area contributed by atoms with Crippen LogP contribution in [0.15, 0.2) is 17.4 Å². The van der Waals surface area contributed by atoms with Crippen LogP contribution >= 0.6 is 0 Å². The summed E-state index contributed by atoms with van der Waals surface area (Å²) in [5.74, 6) is -0.857. The van der Waals surface area contributed by atoms with Gasteiger partial charge in [-0.3, -0.25) is 9.36 Å². The van der Waals surface area contributed by atoms with Crippen molar-refractivity contribution in [1.82, 2.24) is 19.5 Å². The molecule has 2 aromatic rings. The van der Waals surface area contributed by atoms with Crippen molar-refractivity contribution in [2.45, 2.75) is 18.4 Å². The Bertz CT molecular complexity index is 732. The van der Waals surface area contributed by atoms with Gasteiger partial charge in [0.15, 0.2) is 17.4 Å². The molecule has 0 aliphatic carbocycles. The Morgan fingerprint density at radius 1 is 1.55 bits per heavy atom. The molecular formula is C11H11N5O4. The molecule has 2 aromatic heterocycles. The quantitative estimate of drug-likeness (QED) is 0.608. The number of aromatic nitrogens is 4. The fraction of sp³-hybridized carbons (Fsp3) is 0.455. The highest BCUT2D eigenvalue weighted by atomic mass is 16.5. The lowest BCUT2D eigenvalue weighted by atomic mass is 10.0. The minimum Gasteiger partial charge on any atom is -0.394 e. The lowest BCUT2D eigenvalue weighted by Crippen LogP contribution is -2.26. The van der Waals surface area contributed by atoms with Gasteiger partial charge in [-0.2, -0.15) is 5.26 Å². The first-order chi connectivity index (χ1) is 9.67. The molecule has 1 fully saturated rings. The molecule has 1 aliphatic rings. The summed E-state index contributed by atoms with van der Waals surface area (Å²) in [6.45, 7) is -0.383. The zero-order valence-corrected chi connectivity index (χ0v) is 10.2. The van der Waals surface area contributed by atoms with E-state index in [2.05, 4.69) is 15.0 Å². The van der Waals surface area contributed by atoms with Gasteiger partial charge in [0.2, 0.25) is 0 Å². The maximum atomic E-state index is 11.6. The van der Waals surface area contributed by atoms with Crippen LogP contribution in [-0.4, -0.2) is 48.5 Å². The van der Waals surface area contributed by atoms with Crippen LogP contribution in [0.1, 0.15) is 6.23 Å². The minimum atomic E-state index is -1.14. The molecule has 4 unspecified atom stereocenters. The molecule has 9 heteroatoms. The average molecular weight is 277 g/mol. The first-order valence-corrected chi connectivity index (χ1v) is 5.91. The van der Waals surface area contributed by atoms with Crippen LogP contribution in [0.25, 0.3) is 11.2 Å². The first-order valence-electron chi connectivity index (χ1n) is 5.91. The second kappa shape index (κ2) is 4.68. The van der Waals surface area contributed by atoms with Crippen LogP contribution in [0, 0.1) is 17.2 Å². The Morgan fingerprint density at radius 2 is 2.35 bits per heavy atom. The largest absolute Gasteiger partial charge is 0.394 e. The highest BCUT2D eigenvalue weighted by Gasteiger charge is 2.45. The number of fused-ring (bicyclic) bond motifs is 1. The third kappa shape index (κ3) is 1.70. The number of hydrogen-bond donors (Lipinski definition) is 3. The molecule has 0 amide bonds. The topological polar surface area (TPSA) is 137 Å². The second-order valence-electron chi connectivity index (χ2n) is 4.45. The summed E-state index contributed by atoms with van der Waals surface area (Å²) in [6.07, 6.45) is -0.323. The van der Waals surface area contributed by atoms with Crippen molar-refractivity contribution in [3.63, 3.8) is 0 Å². The number of imidazole rings is 1. The zero-order chi connectivity index (χ0) is 14.3. The van der Waals surface area contributed by atoms with Crippen molar-refractivity contribution in [2.75, 3.05) is 6.61 Å². The summed E-state index contributed by atoms with van der Waals surface area (Å²) in [5, 5.41) is 28.3. The van der Waals surface area contributed by atoms with Gasteiger partial charge in [0.05, 0.1) is 25.3 Å². The molecule has 0 aromatic carbocycles. The highest BCUT2D eigenvalue weighted by Crippen LogP contribution is 2.34. The molecule has 3 heterocycles.